The maximum atomic E-state index is 9.50. The van der Waals surface area contributed by atoms with Gasteiger partial charge in [0.15, 0.2) is 18.3 Å². The first-order chi connectivity index (χ1) is 6.15. The monoisotopic (exact) mass is 184 g/mol. The van der Waals surface area contributed by atoms with Crippen molar-refractivity contribution in [1.29, 1.82) is 0 Å². The minimum atomic E-state index is -0.428. The van der Waals surface area contributed by atoms with Crippen molar-refractivity contribution in [2.24, 2.45) is 0 Å². The maximum Gasteiger partial charge on any atom is 0.173 e. The van der Waals surface area contributed by atoms with Crippen LogP contribution in [0.25, 0.3) is 0 Å². The zero-order valence-electron chi connectivity index (χ0n) is 8.27. The summed E-state index contributed by atoms with van der Waals surface area (Å²) in [6.45, 7) is 4.79. The fourth-order valence-corrected chi connectivity index (χ4v) is 1.58. The van der Waals surface area contributed by atoms with Crippen LogP contribution in [0.3, 0.4) is 0 Å². The van der Waals surface area contributed by atoms with Gasteiger partial charge in [0.2, 0.25) is 0 Å². The molecular formula is C10H18NO2+. The van der Waals surface area contributed by atoms with Gasteiger partial charge in [-0.05, 0) is 6.08 Å². The van der Waals surface area contributed by atoms with E-state index in [1.165, 1.54) is 5.71 Å². The first-order valence-electron chi connectivity index (χ1n) is 4.72. The summed E-state index contributed by atoms with van der Waals surface area (Å²) in [6.07, 6.45) is 4.20. The molecule has 0 fully saturated rings. The van der Waals surface area contributed by atoms with Crippen molar-refractivity contribution >= 4 is 5.71 Å². The van der Waals surface area contributed by atoms with Crippen LogP contribution in [0.15, 0.2) is 12.2 Å². The topological polar surface area (TPSA) is 43.5 Å². The molecule has 1 heterocycles. The largest absolute Gasteiger partial charge is 0.396 e. The highest BCUT2D eigenvalue weighted by molar-refractivity contribution is 5.89. The average molecular weight is 184 g/mol. The summed E-state index contributed by atoms with van der Waals surface area (Å²) >= 11 is 0. The number of β-amino-alcohol motifs (C(OH)–C–C–N with tert-alkyl or cyclic N) is 1. The Morgan fingerprint density at radius 2 is 2.31 bits per heavy atom. The highest BCUT2D eigenvalue weighted by Crippen LogP contribution is 2.05. The van der Waals surface area contributed by atoms with Crippen LogP contribution in [0.4, 0.5) is 0 Å². The van der Waals surface area contributed by atoms with Gasteiger partial charge in [0, 0.05) is 33.0 Å². The Morgan fingerprint density at radius 1 is 1.62 bits per heavy atom. The van der Waals surface area contributed by atoms with Crippen LogP contribution in [0, 0.1) is 0 Å². The van der Waals surface area contributed by atoms with Crippen LogP contribution in [0.2, 0.25) is 0 Å². The summed E-state index contributed by atoms with van der Waals surface area (Å²) in [5.74, 6) is 0. The van der Waals surface area contributed by atoms with Crippen molar-refractivity contribution in [3.63, 3.8) is 0 Å². The van der Waals surface area contributed by atoms with E-state index in [1.54, 1.807) is 0 Å². The van der Waals surface area contributed by atoms with E-state index in [0.29, 0.717) is 19.0 Å². The van der Waals surface area contributed by atoms with Gasteiger partial charge in [0.25, 0.3) is 0 Å². The van der Waals surface area contributed by atoms with Crippen molar-refractivity contribution in [3.8, 4) is 0 Å². The van der Waals surface area contributed by atoms with E-state index in [-0.39, 0.29) is 6.61 Å². The van der Waals surface area contributed by atoms with Gasteiger partial charge in [0.1, 0.15) is 6.10 Å². The summed E-state index contributed by atoms with van der Waals surface area (Å²) in [5, 5.41) is 18.1. The lowest BCUT2D eigenvalue weighted by Gasteiger charge is -2.10. The molecule has 0 saturated heterocycles. The SMILES string of the molecule is CC1=[N+](C[C@@H](O)CCO)C(C)C=C1. The molecule has 2 atom stereocenters. The first-order valence-corrected chi connectivity index (χ1v) is 4.72. The molecule has 0 amide bonds. The van der Waals surface area contributed by atoms with E-state index < -0.39 is 6.10 Å². The average Bonchev–Trinajstić information content (AvgIpc) is 2.36. The van der Waals surface area contributed by atoms with E-state index in [4.69, 9.17) is 5.11 Å². The third kappa shape index (κ3) is 2.64. The van der Waals surface area contributed by atoms with Gasteiger partial charge in [-0.15, -0.1) is 0 Å². The molecular weight excluding hydrogens is 166 g/mol. The third-order valence-corrected chi connectivity index (χ3v) is 2.43. The molecule has 2 N–H and O–H groups in total. The standard InChI is InChI=1S/C10H18NO2/c1-8-3-4-9(2)11(8)7-10(13)5-6-12/h3-4,8,10,12-13H,5-7H2,1-2H3/q+1/t8?,10-/m0/s1. The molecule has 1 aliphatic rings. The second-order valence-electron chi connectivity index (χ2n) is 3.56. The summed E-state index contributed by atoms with van der Waals surface area (Å²) in [5.41, 5.74) is 1.18. The van der Waals surface area contributed by atoms with E-state index in [1.807, 2.05) is 6.92 Å². The minimum absolute atomic E-state index is 0.0515. The van der Waals surface area contributed by atoms with E-state index in [2.05, 4.69) is 23.7 Å². The number of aliphatic hydroxyl groups excluding tert-OH is 2. The summed E-state index contributed by atoms with van der Waals surface area (Å²) in [4.78, 5) is 0. The Kier molecular flexibility index (Phi) is 3.63. The molecule has 13 heavy (non-hydrogen) atoms. The highest BCUT2D eigenvalue weighted by Gasteiger charge is 2.23. The Hall–Kier alpha value is -0.670. The van der Waals surface area contributed by atoms with E-state index in [0.717, 1.165) is 0 Å². The maximum absolute atomic E-state index is 9.50. The molecule has 0 aliphatic carbocycles. The smallest absolute Gasteiger partial charge is 0.173 e. The normalized spacial score (nSPS) is 24.2. The quantitative estimate of drug-likeness (QED) is 0.611. The van der Waals surface area contributed by atoms with Crippen LogP contribution >= 0.6 is 0 Å². The number of hydrogen-bond acceptors (Lipinski definition) is 2. The van der Waals surface area contributed by atoms with Gasteiger partial charge in [-0.25, -0.2) is 4.58 Å². The van der Waals surface area contributed by atoms with Gasteiger partial charge in [-0.1, -0.05) is 0 Å². The lowest BCUT2D eigenvalue weighted by atomic mass is 10.2. The molecule has 0 aromatic heterocycles. The van der Waals surface area contributed by atoms with Crippen LogP contribution in [-0.2, 0) is 0 Å². The van der Waals surface area contributed by atoms with Gasteiger partial charge in [-0.2, -0.15) is 0 Å². The van der Waals surface area contributed by atoms with Crippen molar-refractivity contribution in [2.75, 3.05) is 13.2 Å². The van der Waals surface area contributed by atoms with E-state index in [9.17, 15) is 5.11 Å². The third-order valence-electron chi connectivity index (χ3n) is 2.43. The lowest BCUT2D eigenvalue weighted by Crippen LogP contribution is -2.31. The first kappa shape index (κ1) is 10.4. The fraction of sp³-hybridized carbons (Fsp3) is 0.700. The number of allylic oxidation sites excluding steroid dienone is 1. The zero-order valence-corrected chi connectivity index (χ0v) is 8.27. The zero-order chi connectivity index (χ0) is 9.84. The Morgan fingerprint density at radius 3 is 2.77 bits per heavy atom. The molecule has 0 spiro atoms. The molecule has 1 rings (SSSR count). The highest BCUT2D eigenvalue weighted by atomic mass is 16.3. The molecule has 0 saturated carbocycles. The van der Waals surface area contributed by atoms with E-state index >= 15 is 0 Å². The molecule has 0 aromatic carbocycles. The Bertz CT molecular complexity index is 233. The van der Waals surface area contributed by atoms with Crippen molar-refractivity contribution in [2.45, 2.75) is 32.4 Å². The fourth-order valence-electron chi connectivity index (χ4n) is 1.58. The summed E-state index contributed by atoms with van der Waals surface area (Å²) in [7, 11) is 0. The van der Waals surface area contributed by atoms with Crippen LogP contribution < -0.4 is 0 Å². The summed E-state index contributed by atoms with van der Waals surface area (Å²) < 4.78 is 2.14. The number of aliphatic hydroxyl groups is 2. The van der Waals surface area contributed by atoms with Gasteiger partial charge in [-0.3, -0.25) is 0 Å². The van der Waals surface area contributed by atoms with Crippen molar-refractivity contribution in [3.05, 3.63) is 12.2 Å². The van der Waals surface area contributed by atoms with Gasteiger partial charge in [0.05, 0.1) is 0 Å². The number of rotatable bonds is 4. The molecule has 74 valence electrons. The van der Waals surface area contributed by atoms with Crippen LogP contribution in [0.1, 0.15) is 20.3 Å². The van der Waals surface area contributed by atoms with Crippen molar-refractivity contribution in [1.82, 2.24) is 0 Å². The minimum Gasteiger partial charge on any atom is -0.396 e. The lowest BCUT2D eigenvalue weighted by molar-refractivity contribution is -0.555. The molecule has 3 nitrogen and oxygen atoms in total. The predicted octanol–water partition coefficient (Wildman–Crippen LogP) is 0.161. The van der Waals surface area contributed by atoms with Gasteiger partial charge >= 0.3 is 0 Å². The molecule has 1 unspecified atom stereocenters. The Balaban J connectivity index is 2.50. The molecule has 0 aromatic rings. The predicted molar refractivity (Wildman–Crippen MR) is 52.1 cm³/mol. The summed E-state index contributed by atoms with van der Waals surface area (Å²) in [6, 6.07) is 0.369. The van der Waals surface area contributed by atoms with Crippen LogP contribution in [0.5, 0.6) is 0 Å². The van der Waals surface area contributed by atoms with Gasteiger partial charge < -0.3 is 10.2 Å². The Labute approximate surface area is 79.0 Å². The number of hydrogen-bond donors (Lipinski definition) is 2. The van der Waals surface area contributed by atoms with Crippen LogP contribution in [-0.4, -0.2) is 45.8 Å². The second-order valence-corrected chi connectivity index (χ2v) is 3.56. The number of nitrogens with zero attached hydrogens (tertiary/aromatic N) is 1. The molecule has 1 aliphatic heterocycles. The molecule has 3 heteroatoms. The molecule has 0 radical (unpaired) electrons. The van der Waals surface area contributed by atoms with Crippen molar-refractivity contribution < 1.29 is 14.8 Å². The molecule has 0 bridgehead atoms. The second kappa shape index (κ2) is 4.53.